The molecule has 0 unspecified atom stereocenters. The lowest BCUT2D eigenvalue weighted by atomic mass is 9.87. The predicted molar refractivity (Wildman–Crippen MR) is 40.5 cm³/mol. The minimum absolute atomic E-state index is 0.821. The molecule has 0 heterocycles. The van der Waals surface area contributed by atoms with Crippen molar-refractivity contribution in [3.63, 3.8) is 0 Å². The first-order chi connectivity index (χ1) is 4.33. The molecule has 1 aliphatic carbocycles. The summed E-state index contributed by atoms with van der Waals surface area (Å²) in [6.07, 6.45) is 5.62. The topological polar surface area (TPSA) is 12.0 Å². The van der Waals surface area contributed by atoms with E-state index in [0.29, 0.717) is 0 Å². The van der Waals surface area contributed by atoms with Gasteiger partial charge < -0.3 is 5.32 Å². The van der Waals surface area contributed by atoms with Crippen LogP contribution in [-0.4, -0.2) is 13.1 Å². The van der Waals surface area contributed by atoms with Crippen molar-refractivity contribution in [3.05, 3.63) is 0 Å². The second kappa shape index (κ2) is 3.21. The first kappa shape index (κ1) is 7.07. The fraction of sp³-hybridized carbons (Fsp3) is 1.00. The molecule has 54 valence electrons. The van der Waals surface area contributed by atoms with Gasteiger partial charge in [-0.15, -0.1) is 0 Å². The van der Waals surface area contributed by atoms with Crippen molar-refractivity contribution in [1.82, 2.24) is 5.32 Å². The molecule has 0 bridgehead atoms. The van der Waals surface area contributed by atoms with Gasteiger partial charge in [0.25, 0.3) is 0 Å². The molecule has 0 aliphatic heterocycles. The van der Waals surface area contributed by atoms with Gasteiger partial charge in [-0.05, 0) is 38.6 Å². The van der Waals surface area contributed by atoms with Gasteiger partial charge in [0.1, 0.15) is 0 Å². The summed E-state index contributed by atoms with van der Waals surface area (Å²) in [7, 11) is 2.07. The third-order valence-corrected chi connectivity index (χ3v) is 2.42. The lowest BCUT2D eigenvalue weighted by Gasteiger charge is -2.25. The molecule has 1 aliphatic rings. The zero-order valence-corrected chi connectivity index (χ0v) is 6.48. The second-order valence-corrected chi connectivity index (χ2v) is 3.25. The van der Waals surface area contributed by atoms with Crippen molar-refractivity contribution in [2.45, 2.75) is 38.6 Å². The summed E-state index contributed by atoms with van der Waals surface area (Å²) in [6.45, 7) is 2.35. The third kappa shape index (κ3) is 1.98. The zero-order valence-electron chi connectivity index (χ0n) is 6.48. The normalized spacial score (nSPS) is 36.7. The standard InChI is InChI=1S/C8H17N/c1-7-3-5-8(9-2)6-4-7/h7-9H,3-6H2,1-2H3. The molecule has 9 heavy (non-hydrogen) atoms. The van der Waals surface area contributed by atoms with Gasteiger partial charge in [-0.25, -0.2) is 0 Å². The quantitative estimate of drug-likeness (QED) is 0.566. The first-order valence-electron chi connectivity index (χ1n) is 4.00. The lowest BCUT2D eigenvalue weighted by Crippen LogP contribution is -2.29. The molecular formula is C8H17N. The van der Waals surface area contributed by atoms with Gasteiger partial charge in [0.15, 0.2) is 0 Å². The van der Waals surface area contributed by atoms with Crippen molar-refractivity contribution < 1.29 is 0 Å². The Morgan fingerprint density at radius 1 is 1.11 bits per heavy atom. The zero-order chi connectivity index (χ0) is 6.69. The summed E-state index contributed by atoms with van der Waals surface area (Å²) in [5.74, 6) is 0.981. The van der Waals surface area contributed by atoms with Crippen LogP contribution in [0.5, 0.6) is 0 Å². The van der Waals surface area contributed by atoms with E-state index in [9.17, 15) is 0 Å². The second-order valence-electron chi connectivity index (χ2n) is 3.25. The van der Waals surface area contributed by atoms with Gasteiger partial charge in [0.05, 0.1) is 0 Å². The average Bonchev–Trinajstić information content (AvgIpc) is 1.90. The van der Waals surface area contributed by atoms with Gasteiger partial charge in [-0.3, -0.25) is 0 Å². The first-order valence-corrected chi connectivity index (χ1v) is 4.00. The molecule has 0 amide bonds. The highest BCUT2D eigenvalue weighted by atomic mass is 14.9. The number of hydrogen-bond donors (Lipinski definition) is 1. The largest absolute Gasteiger partial charge is 0.317 e. The molecule has 0 aromatic rings. The molecule has 1 N–H and O–H groups in total. The van der Waals surface area contributed by atoms with Crippen molar-refractivity contribution >= 4 is 0 Å². The summed E-state index contributed by atoms with van der Waals surface area (Å²) in [6, 6.07) is 0.821. The van der Waals surface area contributed by atoms with Crippen LogP contribution < -0.4 is 5.32 Å². The Morgan fingerprint density at radius 2 is 1.67 bits per heavy atom. The van der Waals surface area contributed by atoms with Crippen LogP contribution in [0.2, 0.25) is 0 Å². The smallest absolute Gasteiger partial charge is 0.00642 e. The Morgan fingerprint density at radius 3 is 2.11 bits per heavy atom. The molecule has 1 fully saturated rings. The van der Waals surface area contributed by atoms with E-state index in [1.807, 2.05) is 0 Å². The SMILES string of the molecule is CNC1CCC(C)CC1. The van der Waals surface area contributed by atoms with E-state index < -0.39 is 0 Å². The minimum atomic E-state index is 0.821. The van der Waals surface area contributed by atoms with Crippen LogP contribution >= 0.6 is 0 Å². The Bertz CT molecular complexity index is 72.6. The van der Waals surface area contributed by atoms with Crippen LogP contribution in [-0.2, 0) is 0 Å². The van der Waals surface area contributed by atoms with E-state index >= 15 is 0 Å². The van der Waals surface area contributed by atoms with Crippen LogP contribution in [0.15, 0.2) is 0 Å². The van der Waals surface area contributed by atoms with Gasteiger partial charge in [0.2, 0.25) is 0 Å². The highest BCUT2D eigenvalue weighted by Gasteiger charge is 2.15. The van der Waals surface area contributed by atoms with Gasteiger partial charge >= 0.3 is 0 Å². The van der Waals surface area contributed by atoms with Crippen molar-refractivity contribution in [2.75, 3.05) is 7.05 Å². The monoisotopic (exact) mass is 127 g/mol. The van der Waals surface area contributed by atoms with Crippen LogP contribution in [0.1, 0.15) is 32.6 Å². The van der Waals surface area contributed by atoms with E-state index in [-0.39, 0.29) is 0 Å². The highest BCUT2D eigenvalue weighted by molar-refractivity contribution is 4.73. The van der Waals surface area contributed by atoms with Crippen LogP contribution in [0, 0.1) is 5.92 Å². The Balaban J connectivity index is 2.18. The maximum atomic E-state index is 3.32. The molecule has 1 rings (SSSR count). The fourth-order valence-corrected chi connectivity index (χ4v) is 1.55. The van der Waals surface area contributed by atoms with Crippen molar-refractivity contribution in [2.24, 2.45) is 5.92 Å². The number of hydrogen-bond acceptors (Lipinski definition) is 1. The predicted octanol–water partition coefficient (Wildman–Crippen LogP) is 1.78. The minimum Gasteiger partial charge on any atom is -0.317 e. The average molecular weight is 127 g/mol. The molecule has 1 heteroatoms. The van der Waals surface area contributed by atoms with Crippen molar-refractivity contribution in [1.29, 1.82) is 0 Å². The molecule has 1 saturated carbocycles. The molecule has 0 atom stereocenters. The Labute approximate surface area is 57.8 Å². The van der Waals surface area contributed by atoms with Gasteiger partial charge in [-0.1, -0.05) is 6.92 Å². The number of rotatable bonds is 1. The van der Waals surface area contributed by atoms with E-state index in [0.717, 1.165) is 12.0 Å². The van der Waals surface area contributed by atoms with Crippen LogP contribution in [0.4, 0.5) is 0 Å². The fourth-order valence-electron chi connectivity index (χ4n) is 1.55. The van der Waals surface area contributed by atoms with Gasteiger partial charge in [-0.2, -0.15) is 0 Å². The lowest BCUT2D eigenvalue weighted by molar-refractivity contribution is 0.319. The van der Waals surface area contributed by atoms with Gasteiger partial charge in [0, 0.05) is 6.04 Å². The third-order valence-electron chi connectivity index (χ3n) is 2.42. The van der Waals surface area contributed by atoms with E-state index in [1.165, 1.54) is 25.7 Å². The molecular weight excluding hydrogens is 110 g/mol. The van der Waals surface area contributed by atoms with Crippen LogP contribution in [0.3, 0.4) is 0 Å². The molecule has 0 spiro atoms. The maximum absolute atomic E-state index is 3.32. The van der Waals surface area contributed by atoms with E-state index in [1.54, 1.807) is 0 Å². The maximum Gasteiger partial charge on any atom is 0.00642 e. The number of nitrogens with one attached hydrogen (secondary N) is 1. The molecule has 0 saturated heterocycles. The molecule has 0 aromatic carbocycles. The van der Waals surface area contributed by atoms with E-state index in [2.05, 4.69) is 19.3 Å². The summed E-state index contributed by atoms with van der Waals surface area (Å²) in [4.78, 5) is 0. The summed E-state index contributed by atoms with van der Waals surface area (Å²) in [5.41, 5.74) is 0. The Kier molecular flexibility index (Phi) is 2.52. The highest BCUT2D eigenvalue weighted by Crippen LogP contribution is 2.22. The van der Waals surface area contributed by atoms with Crippen LogP contribution in [0.25, 0.3) is 0 Å². The molecule has 1 nitrogen and oxygen atoms in total. The van der Waals surface area contributed by atoms with Crippen molar-refractivity contribution in [3.8, 4) is 0 Å². The summed E-state index contributed by atoms with van der Waals surface area (Å²) in [5, 5.41) is 3.32. The molecule has 0 radical (unpaired) electrons. The summed E-state index contributed by atoms with van der Waals surface area (Å²) < 4.78 is 0. The Hall–Kier alpha value is -0.0400. The summed E-state index contributed by atoms with van der Waals surface area (Å²) >= 11 is 0. The van der Waals surface area contributed by atoms with E-state index in [4.69, 9.17) is 0 Å². The molecule has 0 aromatic heterocycles.